The van der Waals surface area contributed by atoms with Crippen LogP contribution >= 0.6 is 0 Å². The highest BCUT2D eigenvalue weighted by atomic mass is 19.1. The Hall–Kier alpha value is -1.82. The number of amides is 2. The summed E-state index contributed by atoms with van der Waals surface area (Å²) in [6.45, 7) is 3.62. The summed E-state index contributed by atoms with van der Waals surface area (Å²) in [5.41, 5.74) is 0.408. The first-order valence-electron chi connectivity index (χ1n) is 6.21. The lowest BCUT2D eigenvalue weighted by atomic mass is 10.1. The minimum absolute atomic E-state index is 0.0987. The number of aliphatic hydroxyl groups excluding tert-OH is 1. The molecule has 0 bridgehead atoms. The molecule has 5 nitrogen and oxygen atoms in total. The minimum Gasteiger partial charge on any atom is -0.491 e. The van der Waals surface area contributed by atoms with Crippen LogP contribution in [0.15, 0.2) is 18.2 Å². The lowest BCUT2D eigenvalue weighted by Crippen LogP contribution is -2.31. The molecular weight excluding hydrogens is 251 g/mol. The van der Waals surface area contributed by atoms with Crippen LogP contribution in [-0.2, 0) is 0 Å². The highest BCUT2D eigenvalue weighted by molar-refractivity contribution is 5.76. The Balaban J connectivity index is 1.93. The zero-order valence-corrected chi connectivity index (χ0v) is 10.7. The smallest absolute Gasteiger partial charge is 0.317 e. The van der Waals surface area contributed by atoms with Crippen molar-refractivity contribution in [3.05, 3.63) is 29.6 Å². The molecule has 1 atom stereocenters. The molecule has 1 aromatic rings. The predicted octanol–water partition coefficient (Wildman–Crippen LogP) is 1.28. The van der Waals surface area contributed by atoms with E-state index < -0.39 is 11.9 Å². The molecule has 1 aromatic carbocycles. The van der Waals surface area contributed by atoms with Crippen LogP contribution in [0.25, 0.3) is 0 Å². The molecule has 2 amide bonds. The van der Waals surface area contributed by atoms with E-state index in [0.29, 0.717) is 37.6 Å². The largest absolute Gasteiger partial charge is 0.491 e. The van der Waals surface area contributed by atoms with Gasteiger partial charge in [0, 0.05) is 18.7 Å². The quantitative estimate of drug-likeness (QED) is 0.845. The molecule has 2 rings (SSSR count). The van der Waals surface area contributed by atoms with E-state index >= 15 is 0 Å². The normalized spacial score (nSPS) is 16.4. The molecule has 0 aromatic heterocycles. The van der Waals surface area contributed by atoms with Crippen LogP contribution < -0.4 is 10.1 Å². The molecule has 0 saturated carbocycles. The van der Waals surface area contributed by atoms with E-state index in [1.165, 1.54) is 18.2 Å². The van der Waals surface area contributed by atoms with E-state index in [9.17, 15) is 14.3 Å². The number of ether oxygens (including phenoxy) is 1. The van der Waals surface area contributed by atoms with Crippen molar-refractivity contribution >= 4 is 6.03 Å². The SMILES string of the molecule is C[C@@H](O)c1cc(F)ccc1OCCN1CCNC1=O. The lowest BCUT2D eigenvalue weighted by Gasteiger charge is -2.17. The van der Waals surface area contributed by atoms with Crippen LogP contribution in [0, 0.1) is 5.82 Å². The van der Waals surface area contributed by atoms with Crippen LogP contribution in [0.1, 0.15) is 18.6 Å². The molecule has 1 fully saturated rings. The molecule has 2 N–H and O–H groups in total. The van der Waals surface area contributed by atoms with Gasteiger partial charge in [0.1, 0.15) is 18.2 Å². The summed E-state index contributed by atoms with van der Waals surface area (Å²) < 4.78 is 18.6. The first-order valence-corrected chi connectivity index (χ1v) is 6.21. The van der Waals surface area contributed by atoms with Crippen molar-refractivity contribution < 1.29 is 19.0 Å². The zero-order chi connectivity index (χ0) is 13.8. The monoisotopic (exact) mass is 268 g/mol. The van der Waals surface area contributed by atoms with Gasteiger partial charge in [0.15, 0.2) is 0 Å². The van der Waals surface area contributed by atoms with Crippen LogP contribution in [0.5, 0.6) is 5.75 Å². The third kappa shape index (κ3) is 3.35. The summed E-state index contributed by atoms with van der Waals surface area (Å²) in [5.74, 6) is 0.0261. The second-order valence-electron chi connectivity index (χ2n) is 4.43. The molecule has 1 aliphatic heterocycles. The Morgan fingerprint density at radius 3 is 3.00 bits per heavy atom. The van der Waals surface area contributed by atoms with Gasteiger partial charge in [-0.15, -0.1) is 0 Å². The van der Waals surface area contributed by atoms with E-state index in [-0.39, 0.29) is 6.03 Å². The number of carbonyl (C=O) groups excluding carboxylic acids is 1. The highest BCUT2D eigenvalue weighted by Crippen LogP contribution is 2.25. The first kappa shape index (κ1) is 13.6. The molecule has 0 radical (unpaired) electrons. The summed E-state index contributed by atoms with van der Waals surface area (Å²) in [4.78, 5) is 13.0. The maximum absolute atomic E-state index is 13.1. The Labute approximate surface area is 111 Å². The van der Waals surface area contributed by atoms with Gasteiger partial charge in [-0.2, -0.15) is 0 Å². The number of benzene rings is 1. The molecule has 1 heterocycles. The van der Waals surface area contributed by atoms with E-state index in [1.54, 1.807) is 11.8 Å². The second-order valence-corrected chi connectivity index (χ2v) is 4.43. The Morgan fingerprint density at radius 1 is 1.58 bits per heavy atom. The molecule has 0 unspecified atom stereocenters. The fourth-order valence-electron chi connectivity index (χ4n) is 1.97. The van der Waals surface area contributed by atoms with Gasteiger partial charge in [-0.3, -0.25) is 0 Å². The van der Waals surface area contributed by atoms with Gasteiger partial charge >= 0.3 is 6.03 Å². The summed E-state index contributed by atoms with van der Waals surface area (Å²) in [6, 6.07) is 3.92. The van der Waals surface area contributed by atoms with E-state index in [1.807, 2.05) is 0 Å². The van der Waals surface area contributed by atoms with Crippen LogP contribution in [0.3, 0.4) is 0 Å². The number of carbonyl (C=O) groups is 1. The third-order valence-corrected chi connectivity index (χ3v) is 2.99. The summed E-state index contributed by atoms with van der Waals surface area (Å²) in [7, 11) is 0. The zero-order valence-electron chi connectivity index (χ0n) is 10.7. The average Bonchev–Trinajstić information content (AvgIpc) is 2.77. The topological polar surface area (TPSA) is 61.8 Å². The molecule has 1 aliphatic rings. The summed E-state index contributed by atoms with van der Waals surface area (Å²) in [6.07, 6.45) is -0.805. The highest BCUT2D eigenvalue weighted by Gasteiger charge is 2.19. The molecular formula is C13H17FN2O3. The number of hydrogen-bond donors (Lipinski definition) is 2. The van der Waals surface area contributed by atoms with Crippen molar-refractivity contribution in [3.8, 4) is 5.75 Å². The number of halogens is 1. The molecule has 19 heavy (non-hydrogen) atoms. The summed E-state index contributed by atoms with van der Waals surface area (Å²) in [5, 5.41) is 12.3. The maximum Gasteiger partial charge on any atom is 0.317 e. The Kier molecular flexibility index (Phi) is 4.21. The van der Waals surface area contributed by atoms with Gasteiger partial charge in [0.2, 0.25) is 0 Å². The number of nitrogens with one attached hydrogen (secondary N) is 1. The maximum atomic E-state index is 13.1. The third-order valence-electron chi connectivity index (χ3n) is 2.99. The molecule has 1 saturated heterocycles. The van der Waals surface area contributed by atoms with E-state index in [0.717, 1.165) is 0 Å². The second kappa shape index (κ2) is 5.88. The number of hydrogen-bond acceptors (Lipinski definition) is 3. The van der Waals surface area contributed by atoms with Crippen molar-refractivity contribution in [2.24, 2.45) is 0 Å². The van der Waals surface area contributed by atoms with Crippen molar-refractivity contribution in [2.75, 3.05) is 26.2 Å². The van der Waals surface area contributed by atoms with Gasteiger partial charge in [0.05, 0.1) is 12.6 Å². The van der Waals surface area contributed by atoms with Crippen molar-refractivity contribution in [3.63, 3.8) is 0 Å². The Bertz CT molecular complexity index is 465. The van der Waals surface area contributed by atoms with E-state index in [2.05, 4.69) is 5.32 Å². The molecule has 0 aliphatic carbocycles. The predicted molar refractivity (Wildman–Crippen MR) is 67.5 cm³/mol. The van der Waals surface area contributed by atoms with Gasteiger partial charge in [-0.05, 0) is 25.1 Å². The van der Waals surface area contributed by atoms with E-state index in [4.69, 9.17) is 4.74 Å². The number of nitrogens with zero attached hydrogens (tertiary/aromatic N) is 1. The fraction of sp³-hybridized carbons (Fsp3) is 0.462. The Morgan fingerprint density at radius 2 is 2.37 bits per heavy atom. The summed E-state index contributed by atoms with van der Waals surface area (Å²) >= 11 is 0. The molecule has 6 heteroatoms. The molecule has 0 spiro atoms. The lowest BCUT2D eigenvalue weighted by molar-refractivity contribution is 0.183. The number of urea groups is 1. The van der Waals surface area contributed by atoms with Crippen molar-refractivity contribution in [1.29, 1.82) is 0 Å². The van der Waals surface area contributed by atoms with Gasteiger partial charge in [-0.25, -0.2) is 9.18 Å². The van der Waals surface area contributed by atoms with Gasteiger partial charge in [-0.1, -0.05) is 0 Å². The molecule has 104 valence electrons. The minimum atomic E-state index is -0.805. The van der Waals surface area contributed by atoms with Crippen molar-refractivity contribution in [2.45, 2.75) is 13.0 Å². The van der Waals surface area contributed by atoms with Gasteiger partial charge in [0.25, 0.3) is 0 Å². The fourth-order valence-corrected chi connectivity index (χ4v) is 1.97. The van der Waals surface area contributed by atoms with Crippen LogP contribution in [0.4, 0.5) is 9.18 Å². The average molecular weight is 268 g/mol. The standard InChI is InChI=1S/C13H17FN2O3/c1-9(17)11-8-10(14)2-3-12(11)19-7-6-16-5-4-15-13(16)18/h2-3,8-9,17H,4-7H2,1H3,(H,15,18)/t9-/m1/s1. The van der Waals surface area contributed by atoms with Crippen LogP contribution in [0.2, 0.25) is 0 Å². The van der Waals surface area contributed by atoms with Gasteiger partial charge < -0.3 is 20.1 Å². The van der Waals surface area contributed by atoms with Crippen molar-refractivity contribution in [1.82, 2.24) is 10.2 Å². The van der Waals surface area contributed by atoms with Crippen LogP contribution in [-0.4, -0.2) is 42.3 Å². The number of rotatable bonds is 5. The number of aliphatic hydroxyl groups is 1. The first-order chi connectivity index (χ1) is 9.08.